The van der Waals surface area contributed by atoms with Crippen LogP contribution in [0.1, 0.15) is 6.92 Å². The molecular weight excluding hydrogens is 228 g/mol. The van der Waals surface area contributed by atoms with Crippen molar-refractivity contribution in [2.24, 2.45) is 0 Å². The molecule has 17 heavy (non-hydrogen) atoms. The van der Waals surface area contributed by atoms with Crippen LogP contribution in [0.4, 0.5) is 11.5 Å². The van der Waals surface area contributed by atoms with Crippen molar-refractivity contribution >= 4 is 11.5 Å². The SMILES string of the molecule is CCn1c(N)c(NCC(O)CO)c(=O)[nH]c1=O. The summed E-state index contributed by atoms with van der Waals surface area (Å²) in [6.45, 7) is 1.56. The summed E-state index contributed by atoms with van der Waals surface area (Å²) < 4.78 is 1.19. The zero-order valence-corrected chi connectivity index (χ0v) is 9.43. The van der Waals surface area contributed by atoms with Crippen molar-refractivity contribution in [2.75, 3.05) is 24.2 Å². The summed E-state index contributed by atoms with van der Waals surface area (Å²) in [5.41, 5.74) is 4.44. The number of aromatic amines is 1. The highest BCUT2D eigenvalue weighted by Gasteiger charge is 2.12. The third-order valence-electron chi connectivity index (χ3n) is 2.28. The lowest BCUT2D eigenvalue weighted by Gasteiger charge is -2.13. The molecule has 1 aromatic heterocycles. The number of nitrogens with two attached hydrogens (primary N) is 1. The van der Waals surface area contributed by atoms with Crippen molar-refractivity contribution in [1.82, 2.24) is 9.55 Å². The minimum atomic E-state index is -1.00. The highest BCUT2D eigenvalue weighted by Crippen LogP contribution is 2.09. The van der Waals surface area contributed by atoms with E-state index in [0.29, 0.717) is 6.54 Å². The molecule has 1 atom stereocenters. The number of rotatable bonds is 5. The minimum Gasteiger partial charge on any atom is -0.394 e. The molecule has 0 bridgehead atoms. The van der Waals surface area contributed by atoms with Gasteiger partial charge in [0.15, 0.2) is 0 Å². The van der Waals surface area contributed by atoms with Crippen LogP contribution in [0.15, 0.2) is 9.59 Å². The predicted octanol–water partition coefficient (Wildman–Crippen LogP) is -2.10. The number of anilines is 2. The number of H-pyrrole nitrogens is 1. The highest BCUT2D eigenvalue weighted by atomic mass is 16.3. The van der Waals surface area contributed by atoms with Gasteiger partial charge in [0.2, 0.25) is 0 Å². The zero-order valence-electron chi connectivity index (χ0n) is 9.43. The number of aliphatic hydroxyl groups excluding tert-OH is 2. The summed E-state index contributed by atoms with van der Waals surface area (Å²) in [5.74, 6) is 0.00592. The van der Waals surface area contributed by atoms with E-state index in [2.05, 4.69) is 10.3 Å². The van der Waals surface area contributed by atoms with Gasteiger partial charge in [-0.15, -0.1) is 0 Å². The van der Waals surface area contributed by atoms with Crippen molar-refractivity contribution in [1.29, 1.82) is 0 Å². The summed E-state index contributed by atoms with van der Waals surface area (Å²) in [6.07, 6.45) is -1.00. The number of aromatic nitrogens is 2. The van der Waals surface area contributed by atoms with Crippen LogP contribution >= 0.6 is 0 Å². The first-order chi connectivity index (χ1) is 8.01. The predicted molar refractivity (Wildman–Crippen MR) is 63.0 cm³/mol. The van der Waals surface area contributed by atoms with Crippen LogP contribution in [0.25, 0.3) is 0 Å². The van der Waals surface area contributed by atoms with Gasteiger partial charge >= 0.3 is 5.69 Å². The number of hydrogen-bond acceptors (Lipinski definition) is 6. The Morgan fingerprint density at radius 3 is 2.71 bits per heavy atom. The van der Waals surface area contributed by atoms with Crippen LogP contribution in [0.5, 0.6) is 0 Å². The Hall–Kier alpha value is -1.80. The van der Waals surface area contributed by atoms with E-state index in [9.17, 15) is 9.59 Å². The topological polar surface area (TPSA) is 133 Å². The fraction of sp³-hybridized carbons (Fsp3) is 0.556. The maximum atomic E-state index is 11.5. The van der Waals surface area contributed by atoms with Crippen LogP contribution in [0.2, 0.25) is 0 Å². The molecule has 0 aliphatic carbocycles. The second-order valence-corrected chi connectivity index (χ2v) is 3.48. The maximum absolute atomic E-state index is 11.5. The van der Waals surface area contributed by atoms with Gasteiger partial charge in [-0.1, -0.05) is 0 Å². The fourth-order valence-electron chi connectivity index (χ4n) is 1.36. The molecule has 0 saturated heterocycles. The summed E-state index contributed by atoms with van der Waals surface area (Å²) >= 11 is 0. The standard InChI is InChI=1S/C9H16N4O4/c1-2-13-7(10)6(8(16)12-9(13)17)11-3-5(15)4-14/h5,11,14-15H,2-4,10H2,1H3,(H,12,16,17). The molecule has 0 aliphatic heterocycles. The molecule has 0 fully saturated rings. The van der Waals surface area contributed by atoms with Gasteiger partial charge in [0, 0.05) is 13.1 Å². The molecule has 0 radical (unpaired) electrons. The van der Waals surface area contributed by atoms with Gasteiger partial charge in [-0.3, -0.25) is 14.3 Å². The van der Waals surface area contributed by atoms with E-state index >= 15 is 0 Å². The Balaban J connectivity index is 3.07. The van der Waals surface area contributed by atoms with Gasteiger partial charge in [0.25, 0.3) is 5.56 Å². The van der Waals surface area contributed by atoms with Crippen molar-refractivity contribution in [2.45, 2.75) is 19.6 Å². The molecule has 1 unspecified atom stereocenters. The normalized spacial score (nSPS) is 12.4. The monoisotopic (exact) mass is 244 g/mol. The first-order valence-electron chi connectivity index (χ1n) is 5.16. The molecule has 0 aromatic carbocycles. The van der Waals surface area contributed by atoms with Crippen molar-refractivity contribution < 1.29 is 10.2 Å². The Labute approximate surface area is 96.7 Å². The molecule has 1 heterocycles. The lowest BCUT2D eigenvalue weighted by molar-refractivity contribution is 0.105. The van der Waals surface area contributed by atoms with Crippen LogP contribution in [0.3, 0.4) is 0 Å². The van der Waals surface area contributed by atoms with Crippen molar-refractivity contribution in [3.05, 3.63) is 20.8 Å². The third kappa shape index (κ3) is 2.86. The molecule has 6 N–H and O–H groups in total. The van der Waals surface area contributed by atoms with Crippen molar-refractivity contribution in [3.63, 3.8) is 0 Å². The number of aliphatic hydroxyl groups is 2. The number of nitrogen functional groups attached to an aromatic ring is 1. The first kappa shape index (κ1) is 13.3. The van der Waals surface area contributed by atoms with E-state index in [0.717, 1.165) is 0 Å². The van der Waals surface area contributed by atoms with E-state index in [-0.39, 0.29) is 18.1 Å². The van der Waals surface area contributed by atoms with Crippen LogP contribution in [-0.2, 0) is 6.54 Å². The van der Waals surface area contributed by atoms with Crippen LogP contribution in [0, 0.1) is 0 Å². The summed E-state index contributed by atoms with van der Waals surface area (Å²) in [5, 5.41) is 20.4. The van der Waals surface area contributed by atoms with Crippen LogP contribution < -0.4 is 22.3 Å². The van der Waals surface area contributed by atoms with Gasteiger partial charge in [0.05, 0.1) is 12.7 Å². The average Bonchev–Trinajstić information content (AvgIpc) is 2.28. The molecule has 1 rings (SSSR count). The minimum absolute atomic E-state index is 0.00592. The van der Waals surface area contributed by atoms with E-state index in [1.165, 1.54) is 4.57 Å². The van der Waals surface area contributed by atoms with Gasteiger partial charge in [0.1, 0.15) is 11.5 Å². The molecule has 1 aromatic rings. The van der Waals surface area contributed by atoms with E-state index in [1.807, 2.05) is 0 Å². The zero-order chi connectivity index (χ0) is 13.0. The van der Waals surface area contributed by atoms with Gasteiger partial charge in [-0.25, -0.2) is 4.79 Å². The van der Waals surface area contributed by atoms with E-state index < -0.39 is 24.0 Å². The number of nitrogens with zero attached hydrogens (tertiary/aromatic N) is 1. The van der Waals surface area contributed by atoms with Gasteiger partial charge < -0.3 is 21.3 Å². The molecule has 0 amide bonds. The Morgan fingerprint density at radius 1 is 1.53 bits per heavy atom. The second-order valence-electron chi connectivity index (χ2n) is 3.48. The van der Waals surface area contributed by atoms with Gasteiger partial charge in [-0.05, 0) is 6.92 Å². The van der Waals surface area contributed by atoms with E-state index in [1.54, 1.807) is 6.92 Å². The molecule has 0 spiro atoms. The smallest absolute Gasteiger partial charge is 0.330 e. The summed E-state index contributed by atoms with van der Waals surface area (Å²) in [7, 11) is 0. The Bertz CT molecular complexity index is 493. The van der Waals surface area contributed by atoms with Crippen molar-refractivity contribution in [3.8, 4) is 0 Å². The number of hydrogen-bond donors (Lipinski definition) is 5. The molecule has 0 aliphatic rings. The molecule has 0 saturated carbocycles. The van der Waals surface area contributed by atoms with Crippen LogP contribution in [-0.4, -0.2) is 39.0 Å². The molecule has 8 heteroatoms. The average molecular weight is 244 g/mol. The Kier molecular flexibility index (Phi) is 4.30. The molecule has 96 valence electrons. The lowest BCUT2D eigenvalue weighted by Crippen LogP contribution is -2.35. The second kappa shape index (κ2) is 5.51. The van der Waals surface area contributed by atoms with E-state index in [4.69, 9.17) is 15.9 Å². The fourth-order valence-corrected chi connectivity index (χ4v) is 1.36. The lowest BCUT2D eigenvalue weighted by atomic mass is 10.3. The highest BCUT2D eigenvalue weighted by molar-refractivity contribution is 5.60. The third-order valence-corrected chi connectivity index (χ3v) is 2.28. The quantitative estimate of drug-likeness (QED) is 0.403. The largest absolute Gasteiger partial charge is 0.394 e. The summed E-state index contributed by atoms with van der Waals surface area (Å²) in [4.78, 5) is 24.9. The number of nitrogens with one attached hydrogen (secondary N) is 2. The molecule has 8 nitrogen and oxygen atoms in total. The summed E-state index contributed by atoms with van der Waals surface area (Å²) in [6, 6.07) is 0. The maximum Gasteiger partial charge on any atom is 0.330 e. The Morgan fingerprint density at radius 2 is 2.18 bits per heavy atom. The first-order valence-corrected chi connectivity index (χ1v) is 5.16. The molecular formula is C9H16N4O4. The van der Waals surface area contributed by atoms with Gasteiger partial charge in [-0.2, -0.15) is 0 Å².